The first-order valence-corrected chi connectivity index (χ1v) is 5.64. The summed E-state index contributed by atoms with van der Waals surface area (Å²) < 4.78 is 0. The fourth-order valence-corrected chi connectivity index (χ4v) is 1.66. The van der Waals surface area contributed by atoms with Gasteiger partial charge < -0.3 is 16.2 Å². The van der Waals surface area contributed by atoms with Gasteiger partial charge in [0.05, 0.1) is 6.10 Å². The van der Waals surface area contributed by atoms with Crippen molar-refractivity contribution in [3.63, 3.8) is 0 Å². The highest BCUT2D eigenvalue weighted by molar-refractivity contribution is 5.54. The highest BCUT2D eigenvalue weighted by atomic mass is 16.3. The van der Waals surface area contributed by atoms with E-state index in [0.717, 1.165) is 17.8 Å². The van der Waals surface area contributed by atoms with Crippen LogP contribution in [0.25, 0.3) is 0 Å². The van der Waals surface area contributed by atoms with E-state index in [0.29, 0.717) is 6.54 Å². The van der Waals surface area contributed by atoms with Gasteiger partial charge in [-0.15, -0.1) is 0 Å². The van der Waals surface area contributed by atoms with Crippen LogP contribution < -0.4 is 11.1 Å². The monoisotopic (exact) mass is 222 g/mol. The van der Waals surface area contributed by atoms with Crippen molar-refractivity contribution in [1.82, 2.24) is 0 Å². The number of nitrogens with two attached hydrogens (primary N) is 1. The van der Waals surface area contributed by atoms with Crippen LogP contribution in [0.1, 0.15) is 27.2 Å². The van der Waals surface area contributed by atoms with Crippen LogP contribution in [0.5, 0.6) is 0 Å². The van der Waals surface area contributed by atoms with Gasteiger partial charge in [-0.05, 0) is 30.0 Å². The summed E-state index contributed by atoms with van der Waals surface area (Å²) in [5.41, 5.74) is 7.50. The average Bonchev–Trinajstić information content (AvgIpc) is 2.12. The van der Waals surface area contributed by atoms with Crippen LogP contribution in [0.2, 0.25) is 0 Å². The van der Waals surface area contributed by atoms with Gasteiger partial charge in [-0.1, -0.05) is 26.8 Å². The van der Waals surface area contributed by atoms with Crippen LogP contribution in [-0.2, 0) is 0 Å². The van der Waals surface area contributed by atoms with Crippen molar-refractivity contribution in [2.24, 2.45) is 5.41 Å². The van der Waals surface area contributed by atoms with E-state index in [-0.39, 0.29) is 11.5 Å². The number of hydrogen-bond acceptors (Lipinski definition) is 3. The normalized spacial score (nSPS) is 13.5. The topological polar surface area (TPSA) is 58.3 Å². The van der Waals surface area contributed by atoms with Gasteiger partial charge in [0.15, 0.2) is 0 Å². The minimum atomic E-state index is -0.332. The third-order valence-electron chi connectivity index (χ3n) is 2.28. The zero-order valence-electron chi connectivity index (χ0n) is 10.3. The minimum absolute atomic E-state index is 0.150. The predicted molar refractivity (Wildman–Crippen MR) is 69.4 cm³/mol. The summed E-state index contributed by atoms with van der Waals surface area (Å²) in [5, 5.41) is 13.0. The first-order valence-electron chi connectivity index (χ1n) is 5.64. The standard InChI is InChI=1S/C13H22N2O/c1-13(2,3)8-12(16)9-15-11-6-4-5-10(14)7-11/h4-7,12,15-16H,8-9,14H2,1-3H3. The van der Waals surface area contributed by atoms with Crippen LogP contribution in [0.15, 0.2) is 24.3 Å². The highest BCUT2D eigenvalue weighted by Gasteiger charge is 2.16. The van der Waals surface area contributed by atoms with Crippen molar-refractivity contribution in [3.8, 4) is 0 Å². The molecule has 0 aliphatic carbocycles. The van der Waals surface area contributed by atoms with Gasteiger partial charge in [-0.25, -0.2) is 0 Å². The van der Waals surface area contributed by atoms with E-state index in [1.807, 2.05) is 24.3 Å². The highest BCUT2D eigenvalue weighted by Crippen LogP contribution is 2.21. The first-order chi connectivity index (χ1) is 7.37. The molecule has 1 aromatic carbocycles. The van der Waals surface area contributed by atoms with Crippen LogP contribution >= 0.6 is 0 Å². The van der Waals surface area contributed by atoms with Gasteiger partial charge in [0.1, 0.15) is 0 Å². The Morgan fingerprint density at radius 2 is 2.06 bits per heavy atom. The largest absolute Gasteiger partial charge is 0.399 e. The smallest absolute Gasteiger partial charge is 0.0717 e. The lowest BCUT2D eigenvalue weighted by molar-refractivity contribution is 0.132. The van der Waals surface area contributed by atoms with E-state index in [9.17, 15) is 5.11 Å². The molecule has 0 aliphatic rings. The van der Waals surface area contributed by atoms with Crippen LogP contribution in [-0.4, -0.2) is 17.8 Å². The maximum atomic E-state index is 9.82. The first kappa shape index (κ1) is 12.8. The molecule has 1 unspecified atom stereocenters. The van der Waals surface area contributed by atoms with Gasteiger partial charge in [-0.3, -0.25) is 0 Å². The molecule has 0 spiro atoms. The third kappa shape index (κ3) is 5.03. The Kier molecular flexibility index (Phi) is 4.19. The van der Waals surface area contributed by atoms with Gasteiger partial charge >= 0.3 is 0 Å². The van der Waals surface area contributed by atoms with Crippen molar-refractivity contribution in [2.75, 3.05) is 17.6 Å². The number of benzene rings is 1. The average molecular weight is 222 g/mol. The third-order valence-corrected chi connectivity index (χ3v) is 2.28. The van der Waals surface area contributed by atoms with Gasteiger partial charge in [-0.2, -0.15) is 0 Å². The van der Waals surface area contributed by atoms with Crippen LogP contribution in [0.4, 0.5) is 11.4 Å². The lowest BCUT2D eigenvalue weighted by Gasteiger charge is -2.22. The zero-order valence-corrected chi connectivity index (χ0v) is 10.3. The second-order valence-corrected chi connectivity index (χ2v) is 5.42. The summed E-state index contributed by atoms with van der Waals surface area (Å²) in [6.45, 7) is 6.92. The Morgan fingerprint density at radius 3 is 2.62 bits per heavy atom. The molecule has 0 heterocycles. The molecule has 0 saturated carbocycles. The Bertz CT molecular complexity index is 331. The molecule has 3 heteroatoms. The molecule has 90 valence electrons. The number of aliphatic hydroxyl groups is 1. The molecule has 0 aliphatic heterocycles. The van der Waals surface area contributed by atoms with Gasteiger partial charge in [0.25, 0.3) is 0 Å². The molecule has 0 aromatic heterocycles. The maximum Gasteiger partial charge on any atom is 0.0717 e. The Morgan fingerprint density at radius 1 is 1.38 bits per heavy atom. The van der Waals surface area contributed by atoms with Crippen molar-refractivity contribution >= 4 is 11.4 Å². The van der Waals surface area contributed by atoms with Crippen molar-refractivity contribution < 1.29 is 5.11 Å². The molecule has 1 atom stereocenters. The molecule has 1 aromatic rings. The summed E-state index contributed by atoms with van der Waals surface area (Å²) in [4.78, 5) is 0. The van der Waals surface area contributed by atoms with Gasteiger partial charge in [0.2, 0.25) is 0 Å². The molecule has 0 bridgehead atoms. The molecule has 3 nitrogen and oxygen atoms in total. The number of hydrogen-bond donors (Lipinski definition) is 3. The number of nitrogens with one attached hydrogen (secondary N) is 1. The van der Waals surface area contributed by atoms with E-state index >= 15 is 0 Å². The van der Waals surface area contributed by atoms with E-state index in [1.54, 1.807) is 0 Å². The van der Waals surface area contributed by atoms with E-state index in [4.69, 9.17) is 5.73 Å². The molecule has 0 radical (unpaired) electrons. The minimum Gasteiger partial charge on any atom is -0.399 e. The molecular formula is C13H22N2O. The lowest BCUT2D eigenvalue weighted by Crippen LogP contribution is -2.25. The van der Waals surface area contributed by atoms with E-state index < -0.39 is 0 Å². The summed E-state index contributed by atoms with van der Waals surface area (Å²) in [6.07, 6.45) is 0.448. The fraction of sp³-hybridized carbons (Fsp3) is 0.538. The van der Waals surface area contributed by atoms with Crippen molar-refractivity contribution in [3.05, 3.63) is 24.3 Å². The summed E-state index contributed by atoms with van der Waals surface area (Å²) in [5.74, 6) is 0. The molecule has 0 saturated heterocycles. The van der Waals surface area contributed by atoms with E-state index in [2.05, 4.69) is 26.1 Å². The molecular weight excluding hydrogens is 200 g/mol. The summed E-state index contributed by atoms with van der Waals surface area (Å²) in [7, 11) is 0. The Labute approximate surface area is 97.7 Å². The molecule has 16 heavy (non-hydrogen) atoms. The second-order valence-electron chi connectivity index (χ2n) is 5.42. The second kappa shape index (κ2) is 5.21. The quantitative estimate of drug-likeness (QED) is 0.686. The predicted octanol–water partition coefficient (Wildman–Crippen LogP) is 2.48. The van der Waals surface area contributed by atoms with Crippen LogP contribution in [0, 0.1) is 5.41 Å². The maximum absolute atomic E-state index is 9.82. The molecule has 0 amide bonds. The van der Waals surface area contributed by atoms with Crippen LogP contribution in [0.3, 0.4) is 0 Å². The SMILES string of the molecule is CC(C)(C)CC(O)CNc1cccc(N)c1. The van der Waals surface area contributed by atoms with Crippen molar-refractivity contribution in [2.45, 2.75) is 33.3 Å². The van der Waals surface area contributed by atoms with Gasteiger partial charge in [0, 0.05) is 17.9 Å². The fourth-order valence-electron chi connectivity index (χ4n) is 1.66. The zero-order chi connectivity index (χ0) is 12.2. The molecule has 4 N–H and O–H groups in total. The lowest BCUT2D eigenvalue weighted by atomic mass is 9.89. The molecule has 0 fully saturated rings. The van der Waals surface area contributed by atoms with E-state index in [1.165, 1.54) is 0 Å². The number of nitrogen functional groups attached to an aromatic ring is 1. The molecule has 1 rings (SSSR count). The Hall–Kier alpha value is -1.22. The Balaban J connectivity index is 2.40. The number of anilines is 2. The number of aliphatic hydroxyl groups excluding tert-OH is 1. The van der Waals surface area contributed by atoms with Crippen molar-refractivity contribution in [1.29, 1.82) is 0 Å². The summed E-state index contributed by atoms with van der Waals surface area (Å²) >= 11 is 0. The number of rotatable bonds is 4. The summed E-state index contributed by atoms with van der Waals surface area (Å²) in [6, 6.07) is 7.55.